The normalized spacial score (nSPS) is 16.2. The molecule has 1 N–H and O–H groups in total. The van der Waals surface area contributed by atoms with Crippen LogP contribution in [-0.4, -0.2) is 18.2 Å². The third-order valence-corrected chi connectivity index (χ3v) is 3.87. The molecule has 0 amide bonds. The van der Waals surface area contributed by atoms with E-state index in [0.717, 1.165) is 31.1 Å². The Bertz CT molecular complexity index is 541. The van der Waals surface area contributed by atoms with Gasteiger partial charge in [-0.15, -0.1) is 0 Å². The summed E-state index contributed by atoms with van der Waals surface area (Å²) in [6.07, 6.45) is 4.24. The van der Waals surface area contributed by atoms with E-state index in [1.165, 1.54) is 22.0 Å². The maximum atomic E-state index is 6.23. The lowest BCUT2D eigenvalue weighted by atomic mass is 9.90. The average molecular weight is 280 g/mol. The van der Waals surface area contributed by atoms with Crippen LogP contribution in [0.4, 0.5) is 0 Å². The predicted octanol–water partition coefficient (Wildman–Crippen LogP) is 5.05. The Morgan fingerprint density at radius 2 is 1.89 bits per heavy atom. The van der Waals surface area contributed by atoms with Gasteiger partial charge in [0.15, 0.2) is 0 Å². The molecule has 1 aliphatic rings. The van der Waals surface area contributed by atoms with Crippen LogP contribution in [0, 0.1) is 6.92 Å². The molecule has 0 atom stereocenters. The van der Waals surface area contributed by atoms with Crippen molar-refractivity contribution in [3.05, 3.63) is 34.5 Å². The van der Waals surface area contributed by atoms with E-state index in [1.807, 2.05) is 19.9 Å². The molecule has 104 valence electrons. The number of aromatic nitrogens is 1. The lowest BCUT2D eigenvalue weighted by molar-refractivity contribution is 0.0856. The van der Waals surface area contributed by atoms with Gasteiger partial charge in [0.05, 0.1) is 0 Å². The van der Waals surface area contributed by atoms with E-state index in [2.05, 4.69) is 24.2 Å². The number of aryl methyl sites for hydroxylation is 1. The van der Waals surface area contributed by atoms with Gasteiger partial charge in [-0.3, -0.25) is 0 Å². The van der Waals surface area contributed by atoms with Crippen molar-refractivity contribution in [1.82, 2.24) is 4.98 Å². The van der Waals surface area contributed by atoms with E-state index in [1.54, 1.807) is 0 Å². The topological polar surface area (TPSA) is 25.0 Å². The van der Waals surface area contributed by atoms with Crippen molar-refractivity contribution in [2.24, 2.45) is 0 Å². The molecule has 0 unspecified atom stereocenters. The van der Waals surface area contributed by atoms with Gasteiger partial charge in [-0.2, -0.15) is 0 Å². The molecule has 2 aromatic rings. The van der Waals surface area contributed by atoms with Gasteiger partial charge in [0, 0.05) is 35.3 Å². The molecule has 19 heavy (non-hydrogen) atoms. The average Bonchev–Trinajstić information content (AvgIpc) is 2.83. The summed E-state index contributed by atoms with van der Waals surface area (Å²) in [4.78, 5) is 3.38. The molecule has 0 spiro atoms. The highest BCUT2D eigenvalue weighted by atomic mass is 35.5. The Morgan fingerprint density at radius 1 is 1.21 bits per heavy atom. The smallest absolute Gasteiger partial charge is 0.0493 e. The van der Waals surface area contributed by atoms with Gasteiger partial charge in [-0.25, -0.2) is 0 Å². The fraction of sp³-hybridized carbons (Fsp3) is 0.500. The first kappa shape index (κ1) is 14.4. The fourth-order valence-electron chi connectivity index (χ4n) is 2.69. The first-order valence-corrected chi connectivity index (χ1v) is 7.48. The quantitative estimate of drug-likeness (QED) is 0.776. The summed E-state index contributed by atoms with van der Waals surface area (Å²) in [6.45, 7) is 7.83. The summed E-state index contributed by atoms with van der Waals surface area (Å²) in [5.74, 6) is 0.572. The minimum Gasteiger partial charge on any atom is -0.381 e. The second-order valence-electron chi connectivity index (χ2n) is 4.78. The van der Waals surface area contributed by atoms with Crippen molar-refractivity contribution >= 4 is 22.5 Å². The van der Waals surface area contributed by atoms with Gasteiger partial charge in [0.2, 0.25) is 0 Å². The first-order valence-electron chi connectivity index (χ1n) is 7.10. The number of halogens is 1. The summed E-state index contributed by atoms with van der Waals surface area (Å²) in [6, 6.07) is 4.15. The third kappa shape index (κ3) is 2.96. The second-order valence-corrected chi connectivity index (χ2v) is 5.21. The summed E-state index contributed by atoms with van der Waals surface area (Å²) in [5, 5.41) is 2.08. The molecule has 2 nitrogen and oxygen atoms in total. The lowest BCUT2D eigenvalue weighted by Crippen LogP contribution is -2.14. The number of benzene rings is 1. The lowest BCUT2D eigenvalue weighted by Gasteiger charge is -2.23. The molecular formula is C16H22ClNO. The number of hydrogen-bond acceptors (Lipinski definition) is 1. The molecule has 1 aromatic carbocycles. The van der Waals surface area contributed by atoms with E-state index in [0.29, 0.717) is 5.92 Å². The highest BCUT2D eigenvalue weighted by molar-refractivity contribution is 6.31. The van der Waals surface area contributed by atoms with Gasteiger partial charge in [0.1, 0.15) is 0 Å². The molecule has 1 saturated heterocycles. The Labute approximate surface area is 120 Å². The highest BCUT2D eigenvalue weighted by Gasteiger charge is 2.19. The first-order chi connectivity index (χ1) is 9.25. The predicted molar refractivity (Wildman–Crippen MR) is 82.2 cm³/mol. The number of ether oxygens (including phenoxy) is 1. The van der Waals surface area contributed by atoms with Crippen LogP contribution in [-0.2, 0) is 4.74 Å². The summed E-state index contributed by atoms with van der Waals surface area (Å²) < 4.78 is 5.43. The summed E-state index contributed by atoms with van der Waals surface area (Å²) in [5.41, 5.74) is 3.86. The maximum Gasteiger partial charge on any atom is 0.0493 e. The van der Waals surface area contributed by atoms with Crippen molar-refractivity contribution in [3.8, 4) is 0 Å². The van der Waals surface area contributed by atoms with Gasteiger partial charge in [-0.1, -0.05) is 25.4 Å². The van der Waals surface area contributed by atoms with Crippen LogP contribution in [0.25, 0.3) is 10.9 Å². The highest BCUT2D eigenvalue weighted by Crippen LogP contribution is 2.35. The zero-order valence-corrected chi connectivity index (χ0v) is 12.7. The molecule has 1 aromatic heterocycles. The van der Waals surface area contributed by atoms with E-state index in [-0.39, 0.29) is 0 Å². The van der Waals surface area contributed by atoms with Crippen molar-refractivity contribution in [3.63, 3.8) is 0 Å². The standard InChI is InChI=1S/C14H16ClNO.C2H6/c1-9-8-16-14-12(9)6-11(15)7-13(14)10-2-4-17-5-3-10;1-2/h6-8,10,16H,2-5H2,1H3;1-2H3. The molecule has 0 bridgehead atoms. The fourth-order valence-corrected chi connectivity index (χ4v) is 2.92. The molecule has 3 heteroatoms. The van der Waals surface area contributed by atoms with Crippen molar-refractivity contribution < 1.29 is 4.74 Å². The minimum absolute atomic E-state index is 0.572. The van der Waals surface area contributed by atoms with Crippen LogP contribution in [0.15, 0.2) is 18.3 Å². The van der Waals surface area contributed by atoms with E-state index in [9.17, 15) is 0 Å². The van der Waals surface area contributed by atoms with Crippen LogP contribution < -0.4 is 0 Å². The Morgan fingerprint density at radius 3 is 2.58 bits per heavy atom. The zero-order chi connectivity index (χ0) is 13.8. The van der Waals surface area contributed by atoms with Gasteiger partial charge in [0.25, 0.3) is 0 Å². The SMILES string of the molecule is CC.Cc1c[nH]c2c(C3CCOCC3)cc(Cl)cc12. The molecule has 2 heterocycles. The largest absolute Gasteiger partial charge is 0.381 e. The molecule has 1 aliphatic heterocycles. The van der Waals surface area contributed by atoms with E-state index < -0.39 is 0 Å². The van der Waals surface area contributed by atoms with Crippen LogP contribution in [0.3, 0.4) is 0 Å². The molecule has 0 radical (unpaired) electrons. The molecular weight excluding hydrogens is 258 g/mol. The number of nitrogens with one attached hydrogen (secondary N) is 1. The number of fused-ring (bicyclic) bond motifs is 1. The monoisotopic (exact) mass is 279 g/mol. The van der Waals surface area contributed by atoms with Gasteiger partial charge in [-0.05, 0) is 48.9 Å². The van der Waals surface area contributed by atoms with Crippen LogP contribution in [0.1, 0.15) is 43.7 Å². The van der Waals surface area contributed by atoms with E-state index >= 15 is 0 Å². The number of aromatic amines is 1. The second kappa shape index (κ2) is 6.44. The Kier molecular flexibility index (Phi) is 4.89. The van der Waals surface area contributed by atoms with Gasteiger partial charge < -0.3 is 9.72 Å². The minimum atomic E-state index is 0.572. The third-order valence-electron chi connectivity index (χ3n) is 3.65. The van der Waals surface area contributed by atoms with E-state index in [4.69, 9.17) is 16.3 Å². The van der Waals surface area contributed by atoms with Crippen molar-refractivity contribution in [2.75, 3.05) is 13.2 Å². The molecule has 1 fully saturated rings. The molecule has 0 aliphatic carbocycles. The summed E-state index contributed by atoms with van der Waals surface area (Å²) >= 11 is 6.23. The van der Waals surface area contributed by atoms with Crippen molar-refractivity contribution in [2.45, 2.75) is 39.5 Å². The maximum absolute atomic E-state index is 6.23. The Balaban J connectivity index is 0.000000637. The number of rotatable bonds is 1. The number of H-pyrrole nitrogens is 1. The van der Waals surface area contributed by atoms with Crippen LogP contribution >= 0.6 is 11.6 Å². The van der Waals surface area contributed by atoms with Gasteiger partial charge >= 0.3 is 0 Å². The van der Waals surface area contributed by atoms with Crippen LogP contribution in [0.5, 0.6) is 0 Å². The Hall–Kier alpha value is -0.990. The van der Waals surface area contributed by atoms with Crippen LogP contribution in [0.2, 0.25) is 5.02 Å². The molecule has 0 saturated carbocycles. The van der Waals surface area contributed by atoms with Crippen molar-refractivity contribution in [1.29, 1.82) is 0 Å². The number of hydrogen-bond donors (Lipinski definition) is 1. The zero-order valence-electron chi connectivity index (χ0n) is 11.9. The summed E-state index contributed by atoms with van der Waals surface area (Å²) in [7, 11) is 0. The molecule has 3 rings (SSSR count).